The lowest BCUT2D eigenvalue weighted by atomic mass is 10.0. The molecule has 1 saturated carbocycles. The molecule has 1 fully saturated rings. The normalized spacial score (nSPS) is 16.7. The number of likely N-dealkylation sites (N-methyl/N-ethyl adjacent to an activating group) is 1. The number of nitrogens with two attached hydrogens (primary N) is 1. The van der Waals surface area contributed by atoms with E-state index in [1.54, 1.807) is 25.1 Å². The Morgan fingerprint density at radius 3 is 2.71 bits per heavy atom. The maximum atomic E-state index is 11.8. The van der Waals surface area contributed by atoms with Crippen molar-refractivity contribution in [1.82, 2.24) is 0 Å². The van der Waals surface area contributed by atoms with E-state index in [2.05, 4.69) is 0 Å². The fourth-order valence-electron chi connectivity index (χ4n) is 2.93. The standard InChI is InChI=1S/C16H24N2O3/c1-3-21-15(19)12-6-7-13(17)14(10-12)18(2)11-16(20)8-4-5-9-16/h6-7,10,20H,3-5,8-9,11,17H2,1-2H3. The maximum absolute atomic E-state index is 11.8. The molecule has 0 unspecified atom stereocenters. The zero-order valence-electron chi connectivity index (χ0n) is 12.8. The van der Waals surface area contributed by atoms with E-state index < -0.39 is 5.60 Å². The first-order chi connectivity index (χ1) is 9.95. The van der Waals surface area contributed by atoms with Crippen molar-refractivity contribution in [2.24, 2.45) is 0 Å². The molecule has 1 aliphatic rings. The molecule has 0 spiro atoms. The summed E-state index contributed by atoms with van der Waals surface area (Å²) in [6, 6.07) is 5.09. The molecule has 21 heavy (non-hydrogen) atoms. The number of esters is 1. The Bertz CT molecular complexity index is 510. The zero-order chi connectivity index (χ0) is 15.5. The van der Waals surface area contributed by atoms with Gasteiger partial charge in [0.2, 0.25) is 0 Å². The van der Waals surface area contributed by atoms with Gasteiger partial charge in [-0.15, -0.1) is 0 Å². The third-order valence-electron chi connectivity index (χ3n) is 4.02. The van der Waals surface area contributed by atoms with Crippen LogP contribution in [0.5, 0.6) is 0 Å². The van der Waals surface area contributed by atoms with E-state index in [1.165, 1.54) is 0 Å². The molecule has 3 N–H and O–H groups in total. The van der Waals surface area contributed by atoms with E-state index in [0.29, 0.717) is 24.4 Å². The van der Waals surface area contributed by atoms with Crippen molar-refractivity contribution in [3.05, 3.63) is 23.8 Å². The largest absolute Gasteiger partial charge is 0.462 e. The van der Waals surface area contributed by atoms with Crippen LogP contribution in [0.2, 0.25) is 0 Å². The van der Waals surface area contributed by atoms with Crippen LogP contribution in [0.4, 0.5) is 11.4 Å². The first-order valence-electron chi connectivity index (χ1n) is 7.45. The summed E-state index contributed by atoms with van der Waals surface area (Å²) >= 11 is 0. The Hall–Kier alpha value is -1.75. The van der Waals surface area contributed by atoms with Crippen LogP contribution in [-0.2, 0) is 4.74 Å². The quantitative estimate of drug-likeness (QED) is 0.642. The van der Waals surface area contributed by atoms with Gasteiger partial charge in [0.05, 0.1) is 29.1 Å². The smallest absolute Gasteiger partial charge is 0.338 e. The molecule has 5 nitrogen and oxygen atoms in total. The Morgan fingerprint density at radius 2 is 2.10 bits per heavy atom. The lowest BCUT2D eigenvalue weighted by Crippen LogP contribution is -2.39. The molecule has 5 heteroatoms. The second-order valence-corrected chi connectivity index (χ2v) is 5.78. The summed E-state index contributed by atoms with van der Waals surface area (Å²) < 4.78 is 5.01. The van der Waals surface area contributed by atoms with Crippen LogP contribution in [-0.4, -0.2) is 36.9 Å². The lowest BCUT2D eigenvalue weighted by molar-refractivity contribution is 0.0526. The molecule has 0 atom stereocenters. The van der Waals surface area contributed by atoms with Gasteiger partial charge in [-0.3, -0.25) is 0 Å². The Kier molecular flexibility index (Phi) is 4.73. The highest BCUT2D eigenvalue weighted by atomic mass is 16.5. The van der Waals surface area contributed by atoms with E-state index in [4.69, 9.17) is 10.5 Å². The minimum atomic E-state index is -0.652. The first-order valence-corrected chi connectivity index (χ1v) is 7.45. The van der Waals surface area contributed by atoms with E-state index in [0.717, 1.165) is 31.4 Å². The molecule has 116 valence electrons. The minimum Gasteiger partial charge on any atom is -0.462 e. The van der Waals surface area contributed by atoms with Crippen LogP contribution < -0.4 is 10.6 Å². The van der Waals surface area contributed by atoms with Crippen LogP contribution in [0.25, 0.3) is 0 Å². The fraction of sp³-hybridized carbons (Fsp3) is 0.562. The van der Waals surface area contributed by atoms with Crippen molar-refractivity contribution in [3.8, 4) is 0 Å². The van der Waals surface area contributed by atoms with Gasteiger partial charge in [-0.05, 0) is 38.0 Å². The highest BCUT2D eigenvalue weighted by Crippen LogP contribution is 2.32. The van der Waals surface area contributed by atoms with Crippen molar-refractivity contribution >= 4 is 17.3 Å². The van der Waals surface area contributed by atoms with Crippen molar-refractivity contribution < 1.29 is 14.6 Å². The summed E-state index contributed by atoms with van der Waals surface area (Å²) in [7, 11) is 1.89. The number of rotatable bonds is 5. The summed E-state index contributed by atoms with van der Waals surface area (Å²) in [6.45, 7) is 2.63. The van der Waals surface area contributed by atoms with Crippen LogP contribution in [0.3, 0.4) is 0 Å². The fourth-order valence-corrected chi connectivity index (χ4v) is 2.93. The van der Waals surface area contributed by atoms with Crippen molar-refractivity contribution in [2.75, 3.05) is 30.8 Å². The van der Waals surface area contributed by atoms with Crippen molar-refractivity contribution in [1.29, 1.82) is 0 Å². The number of nitrogen functional groups attached to an aromatic ring is 1. The van der Waals surface area contributed by atoms with Gasteiger partial charge in [-0.2, -0.15) is 0 Å². The van der Waals surface area contributed by atoms with Crippen molar-refractivity contribution in [2.45, 2.75) is 38.2 Å². The van der Waals surface area contributed by atoms with Crippen LogP contribution in [0.15, 0.2) is 18.2 Å². The second kappa shape index (κ2) is 6.35. The molecule has 0 radical (unpaired) electrons. The highest BCUT2D eigenvalue weighted by molar-refractivity contribution is 5.92. The summed E-state index contributed by atoms with van der Waals surface area (Å²) in [5.41, 5.74) is 7.17. The first kappa shape index (κ1) is 15.6. The monoisotopic (exact) mass is 292 g/mol. The predicted octanol–water partition coefficient (Wildman–Crippen LogP) is 2.19. The molecule has 1 aliphatic carbocycles. The lowest BCUT2D eigenvalue weighted by Gasteiger charge is -2.30. The van der Waals surface area contributed by atoms with E-state index in [1.807, 2.05) is 11.9 Å². The van der Waals surface area contributed by atoms with Crippen LogP contribution in [0, 0.1) is 0 Å². The molecule has 0 aliphatic heterocycles. The van der Waals surface area contributed by atoms with Gasteiger partial charge >= 0.3 is 5.97 Å². The Balaban J connectivity index is 2.17. The molecular formula is C16H24N2O3. The van der Waals surface area contributed by atoms with E-state index in [9.17, 15) is 9.90 Å². The number of ether oxygens (including phenoxy) is 1. The average Bonchev–Trinajstić information content (AvgIpc) is 2.85. The SMILES string of the molecule is CCOC(=O)c1ccc(N)c(N(C)CC2(O)CCCC2)c1. The van der Waals surface area contributed by atoms with E-state index in [-0.39, 0.29) is 5.97 Å². The third kappa shape index (κ3) is 3.67. The van der Waals surface area contributed by atoms with Crippen LogP contribution >= 0.6 is 0 Å². The number of hydrogen-bond acceptors (Lipinski definition) is 5. The zero-order valence-corrected chi connectivity index (χ0v) is 12.8. The molecule has 0 heterocycles. The van der Waals surface area contributed by atoms with Gasteiger partial charge in [-0.1, -0.05) is 12.8 Å². The number of aliphatic hydroxyl groups is 1. The number of nitrogens with zero attached hydrogens (tertiary/aromatic N) is 1. The Labute approximate surface area is 125 Å². The van der Waals surface area contributed by atoms with Gasteiger partial charge in [0.1, 0.15) is 0 Å². The molecule has 1 aromatic carbocycles. The van der Waals surface area contributed by atoms with E-state index >= 15 is 0 Å². The third-order valence-corrected chi connectivity index (χ3v) is 4.02. The number of benzene rings is 1. The highest BCUT2D eigenvalue weighted by Gasteiger charge is 2.32. The summed E-state index contributed by atoms with van der Waals surface area (Å²) in [5.74, 6) is -0.355. The van der Waals surface area contributed by atoms with Crippen molar-refractivity contribution in [3.63, 3.8) is 0 Å². The summed E-state index contributed by atoms with van der Waals surface area (Å²) in [5, 5.41) is 10.5. The second-order valence-electron chi connectivity index (χ2n) is 5.78. The summed E-state index contributed by atoms with van der Waals surface area (Å²) in [4.78, 5) is 13.7. The topological polar surface area (TPSA) is 75.8 Å². The predicted molar refractivity (Wildman–Crippen MR) is 83.5 cm³/mol. The number of hydrogen-bond donors (Lipinski definition) is 2. The molecule has 1 aromatic rings. The minimum absolute atomic E-state index is 0.341. The van der Waals surface area contributed by atoms with Gasteiger partial charge in [0.15, 0.2) is 0 Å². The molecule has 0 saturated heterocycles. The van der Waals surface area contributed by atoms with Gasteiger partial charge in [0.25, 0.3) is 0 Å². The maximum Gasteiger partial charge on any atom is 0.338 e. The molecule has 0 amide bonds. The summed E-state index contributed by atoms with van der Waals surface area (Å²) in [6.07, 6.45) is 3.75. The van der Waals surface area contributed by atoms with Gasteiger partial charge in [-0.25, -0.2) is 4.79 Å². The van der Waals surface area contributed by atoms with Gasteiger partial charge in [0, 0.05) is 13.6 Å². The number of carbonyl (C=O) groups is 1. The molecule has 2 rings (SSSR count). The average molecular weight is 292 g/mol. The Morgan fingerprint density at radius 1 is 1.43 bits per heavy atom. The molecule has 0 bridgehead atoms. The van der Waals surface area contributed by atoms with Gasteiger partial charge < -0.3 is 20.5 Å². The number of carbonyl (C=O) groups excluding carboxylic acids is 1. The molecular weight excluding hydrogens is 268 g/mol. The molecule has 0 aromatic heterocycles. The van der Waals surface area contributed by atoms with Crippen LogP contribution in [0.1, 0.15) is 43.0 Å². The number of anilines is 2.